The Morgan fingerprint density at radius 1 is 1.11 bits per heavy atom. The van der Waals surface area contributed by atoms with E-state index in [2.05, 4.69) is 4.98 Å². The predicted molar refractivity (Wildman–Crippen MR) is 132 cm³/mol. The predicted octanol–water partition coefficient (Wildman–Crippen LogP) is 5.42. The quantitative estimate of drug-likeness (QED) is 0.412. The molecular formula is C27H29ClF3N3O3. The molecule has 10 heteroatoms. The smallest absolute Gasteiger partial charge is 0.263 e. The standard InChI is InChI=1S/C27H29ClF3N3O3/c28-19-10-20(29)24(32-11-19)34-13-22(35)33(12-17-5-7-18(8-6-17)23(30)31)21(25(34)36)4-2-1-3-9-26-14-27(37,15-26)16-26/h5-8,10-11,21,23,37H,1-4,9,12-16H2/t21-,26?,27?/m0/s1. The normalized spacial score (nSPS) is 26.9. The largest absolute Gasteiger partial charge is 0.390 e. The number of unbranched alkanes of at least 4 members (excludes halogenated alkanes) is 2. The Balaban J connectivity index is 1.28. The highest BCUT2D eigenvalue weighted by Gasteiger charge is 2.66. The molecular weight excluding hydrogens is 507 g/mol. The van der Waals surface area contributed by atoms with Gasteiger partial charge < -0.3 is 10.0 Å². The molecule has 2 aromatic rings. The van der Waals surface area contributed by atoms with Crippen molar-refractivity contribution in [2.45, 2.75) is 76.0 Å². The fraction of sp³-hybridized carbons (Fsp3) is 0.519. The summed E-state index contributed by atoms with van der Waals surface area (Å²) in [6.45, 7) is -0.285. The molecule has 6 nitrogen and oxygen atoms in total. The van der Waals surface area contributed by atoms with Gasteiger partial charge in [-0.15, -0.1) is 0 Å². The first kappa shape index (κ1) is 26.0. The van der Waals surface area contributed by atoms with Gasteiger partial charge in [-0.25, -0.2) is 18.2 Å². The summed E-state index contributed by atoms with van der Waals surface area (Å²) in [5, 5.41) is 10.0. The highest BCUT2D eigenvalue weighted by molar-refractivity contribution is 6.30. The minimum absolute atomic E-state index is 0.0817. The number of hydrogen-bond donors (Lipinski definition) is 1. The van der Waals surface area contributed by atoms with Crippen molar-refractivity contribution in [3.63, 3.8) is 0 Å². The van der Waals surface area contributed by atoms with Gasteiger partial charge in [0.1, 0.15) is 12.6 Å². The number of aliphatic hydroxyl groups is 1. The van der Waals surface area contributed by atoms with Crippen molar-refractivity contribution in [3.05, 3.63) is 58.5 Å². The van der Waals surface area contributed by atoms with Gasteiger partial charge in [0.25, 0.3) is 12.3 Å². The molecule has 1 atom stereocenters. The Bertz CT molecular complexity index is 1170. The van der Waals surface area contributed by atoms with E-state index in [0.717, 1.165) is 49.5 Å². The minimum Gasteiger partial charge on any atom is -0.390 e. The Kier molecular flexibility index (Phi) is 6.96. The lowest BCUT2D eigenvalue weighted by Gasteiger charge is -2.68. The number of aromatic nitrogens is 1. The maximum absolute atomic E-state index is 14.6. The number of rotatable bonds is 10. The Hall–Kier alpha value is -2.65. The van der Waals surface area contributed by atoms with Gasteiger partial charge in [0.05, 0.1) is 10.6 Å². The van der Waals surface area contributed by atoms with Crippen molar-refractivity contribution < 1.29 is 27.9 Å². The van der Waals surface area contributed by atoms with Gasteiger partial charge >= 0.3 is 0 Å². The highest BCUT2D eigenvalue weighted by atomic mass is 35.5. The van der Waals surface area contributed by atoms with Gasteiger partial charge in [-0.05, 0) is 49.1 Å². The van der Waals surface area contributed by atoms with Crippen LogP contribution in [0.5, 0.6) is 0 Å². The highest BCUT2D eigenvalue weighted by Crippen LogP contribution is 2.69. The molecule has 2 heterocycles. The Morgan fingerprint density at radius 2 is 1.81 bits per heavy atom. The molecule has 0 spiro atoms. The van der Waals surface area contributed by atoms with E-state index in [1.165, 1.54) is 35.4 Å². The number of benzene rings is 1. The van der Waals surface area contributed by atoms with E-state index in [4.69, 9.17) is 11.6 Å². The van der Waals surface area contributed by atoms with E-state index in [-0.39, 0.29) is 40.8 Å². The second-order valence-corrected chi connectivity index (χ2v) is 11.3. The average molecular weight is 536 g/mol. The van der Waals surface area contributed by atoms with Crippen LogP contribution in [0.25, 0.3) is 0 Å². The molecule has 37 heavy (non-hydrogen) atoms. The molecule has 1 aromatic carbocycles. The lowest BCUT2D eigenvalue weighted by Crippen LogP contribution is -2.66. The van der Waals surface area contributed by atoms with Crippen molar-refractivity contribution >= 4 is 29.2 Å². The number of piperazine rings is 1. The molecule has 6 rings (SSSR count). The summed E-state index contributed by atoms with van der Waals surface area (Å²) in [5.74, 6) is -1.83. The topological polar surface area (TPSA) is 73.7 Å². The third kappa shape index (κ3) is 5.21. The van der Waals surface area contributed by atoms with Crippen LogP contribution in [-0.4, -0.2) is 45.0 Å². The van der Waals surface area contributed by atoms with Gasteiger partial charge in [-0.3, -0.25) is 14.5 Å². The van der Waals surface area contributed by atoms with Crippen molar-refractivity contribution in [2.24, 2.45) is 5.41 Å². The molecule has 2 amide bonds. The number of hydrogen-bond acceptors (Lipinski definition) is 4. The molecule has 198 valence electrons. The van der Waals surface area contributed by atoms with Gasteiger partial charge in [-0.2, -0.15) is 0 Å². The second-order valence-electron chi connectivity index (χ2n) is 10.8. The first-order chi connectivity index (χ1) is 17.6. The zero-order chi connectivity index (χ0) is 26.4. The first-order valence-corrected chi connectivity index (χ1v) is 13.0. The molecule has 1 saturated heterocycles. The minimum atomic E-state index is -2.59. The summed E-state index contributed by atoms with van der Waals surface area (Å²) in [7, 11) is 0. The van der Waals surface area contributed by atoms with E-state index in [1.807, 2.05) is 0 Å². The summed E-state index contributed by atoms with van der Waals surface area (Å²) in [4.78, 5) is 33.2. The fourth-order valence-electron chi connectivity index (χ4n) is 6.24. The number of alkyl halides is 2. The van der Waals surface area contributed by atoms with Crippen LogP contribution < -0.4 is 4.90 Å². The number of amides is 2. The van der Waals surface area contributed by atoms with Gasteiger partial charge in [0, 0.05) is 18.3 Å². The van der Waals surface area contributed by atoms with Crippen LogP contribution in [0.15, 0.2) is 36.5 Å². The van der Waals surface area contributed by atoms with Gasteiger partial charge in [-0.1, -0.05) is 55.1 Å². The van der Waals surface area contributed by atoms with E-state index in [0.29, 0.717) is 18.4 Å². The number of anilines is 1. The number of nitrogens with zero attached hydrogens (tertiary/aromatic N) is 3. The van der Waals surface area contributed by atoms with E-state index < -0.39 is 29.8 Å². The van der Waals surface area contributed by atoms with Crippen LogP contribution in [0.4, 0.5) is 19.0 Å². The van der Waals surface area contributed by atoms with Gasteiger partial charge in [0.15, 0.2) is 11.6 Å². The van der Waals surface area contributed by atoms with Crippen molar-refractivity contribution in [1.82, 2.24) is 9.88 Å². The summed E-state index contributed by atoms with van der Waals surface area (Å²) in [5.41, 5.74) is 0.377. The fourth-order valence-corrected chi connectivity index (χ4v) is 6.38. The van der Waals surface area contributed by atoms with Crippen LogP contribution in [0.3, 0.4) is 0 Å². The number of carbonyl (C=O) groups is 2. The van der Waals surface area contributed by atoms with Crippen molar-refractivity contribution in [1.29, 1.82) is 0 Å². The molecule has 1 N–H and O–H groups in total. The molecule has 0 unspecified atom stereocenters. The zero-order valence-electron chi connectivity index (χ0n) is 20.3. The lowest BCUT2D eigenvalue weighted by atomic mass is 9.40. The molecule has 2 bridgehead atoms. The van der Waals surface area contributed by atoms with Crippen LogP contribution in [0.1, 0.15) is 68.9 Å². The molecule has 1 aromatic heterocycles. The van der Waals surface area contributed by atoms with E-state index in [1.54, 1.807) is 0 Å². The summed E-state index contributed by atoms with van der Waals surface area (Å²) < 4.78 is 40.5. The monoisotopic (exact) mass is 535 g/mol. The van der Waals surface area contributed by atoms with Crippen LogP contribution >= 0.6 is 11.6 Å². The summed E-state index contributed by atoms with van der Waals surface area (Å²) >= 11 is 5.81. The number of carbonyl (C=O) groups excluding carboxylic acids is 2. The maximum atomic E-state index is 14.6. The maximum Gasteiger partial charge on any atom is 0.263 e. The molecule has 4 aliphatic rings. The zero-order valence-corrected chi connectivity index (χ0v) is 21.1. The second kappa shape index (κ2) is 9.91. The third-order valence-corrected chi connectivity index (χ3v) is 8.17. The van der Waals surface area contributed by atoms with Crippen LogP contribution in [0, 0.1) is 11.2 Å². The van der Waals surface area contributed by atoms with Crippen LogP contribution in [0.2, 0.25) is 5.02 Å². The summed E-state index contributed by atoms with van der Waals surface area (Å²) in [6.07, 6.45) is 5.22. The Labute approximate surface area is 218 Å². The average Bonchev–Trinajstić information content (AvgIpc) is 2.81. The molecule has 1 aliphatic heterocycles. The van der Waals surface area contributed by atoms with E-state index >= 15 is 0 Å². The molecule has 3 aliphatic carbocycles. The lowest BCUT2D eigenvalue weighted by molar-refractivity contribution is -0.262. The number of halogens is 4. The number of pyridine rings is 1. The van der Waals surface area contributed by atoms with Gasteiger partial charge in [0.2, 0.25) is 5.91 Å². The molecule has 4 fully saturated rings. The summed E-state index contributed by atoms with van der Waals surface area (Å²) in [6, 6.07) is 5.90. The van der Waals surface area contributed by atoms with Crippen LogP contribution in [-0.2, 0) is 16.1 Å². The van der Waals surface area contributed by atoms with Crippen molar-refractivity contribution in [2.75, 3.05) is 11.4 Å². The molecule has 3 saturated carbocycles. The SMILES string of the molecule is O=C1[C@H](CCCCCC23CC(O)(C2)C3)N(Cc2ccc(C(F)F)cc2)C(=O)CN1c1ncc(Cl)cc1F. The third-order valence-electron chi connectivity index (χ3n) is 7.97. The van der Waals surface area contributed by atoms with E-state index in [9.17, 15) is 27.9 Å². The molecule has 0 radical (unpaired) electrons. The Morgan fingerprint density at radius 3 is 2.43 bits per heavy atom. The van der Waals surface area contributed by atoms with Crippen molar-refractivity contribution in [3.8, 4) is 0 Å². The first-order valence-electron chi connectivity index (χ1n) is 12.6.